The maximum atomic E-state index is 10.5. The van der Waals surface area contributed by atoms with Crippen molar-refractivity contribution in [3.8, 4) is 17.1 Å². The summed E-state index contributed by atoms with van der Waals surface area (Å²) >= 11 is 0. The molecule has 1 aliphatic heterocycles. The van der Waals surface area contributed by atoms with Gasteiger partial charge in [-0.25, -0.2) is 4.98 Å². The molecule has 0 radical (unpaired) electrons. The lowest BCUT2D eigenvalue weighted by Gasteiger charge is -2.42. The Morgan fingerprint density at radius 1 is 1.14 bits per heavy atom. The van der Waals surface area contributed by atoms with Gasteiger partial charge in [0.1, 0.15) is 24.1 Å². The van der Waals surface area contributed by atoms with Crippen molar-refractivity contribution < 1.29 is 29.3 Å². The van der Waals surface area contributed by atoms with E-state index in [2.05, 4.69) is 15.1 Å². The van der Waals surface area contributed by atoms with Crippen LogP contribution < -0.4 is 4.74 Å². The van der Waals surface area contributed by atoms with Crippen LogP contribution in [0.3, 0.4) is 0 Å². The predicted octanol–water partition coefficient (Wildman–Crippen LogP) is 1.47. The van der Waals surface area contributed by atoms with E-state index in [-0.39, 0.29) is 0 Å². The first kappa shape index (κ1) is 20.2. The van der Waals surface area contributed by atoms with Crippen LogP contribution in [0.25, 0.3) is 11.4 Å². The first-order chi connectivity index (χ1) is 13.6. The predicted molar refractivity (Wildman–Crippen MR) is 99.4 cm³/mol. The first-order valence-electron chi connectivity index (χ1n) is 8.74. The van der Waals surface area contributed by atoms with Gasteiger partial charge < -0.3 is 29.3 Å². The standard InChI is InChI=1S/C19H23N3O6/c1-11-17(25-2)16(23)18(26-3)19(27-11)28-13-8-12(10-21-24)22-15(9-13)14-6-4-5-7-20-14/h4-11,16-19,23-24H,1-3H3/b21-10-/t11-,16+,17-,18+,19-/m0/s1. The summed E-state index contributed by atoms with van der Waals surface area (Å²) in [5.74, 6) is 0.396. The van der Waals surface area contributed by atoms with Gasteiger partial charge in [0.2, 0.25) is 6.29 Å². The molecule has 2 aromatic heterocycles. The molecule has 5 atom stereocenters. The van der Waals surface area contributed by atoms with Crippen LogP contribution in [-0.4, -0.2) is 71.4 Å². The fourth-order valence-corrected chi connectivity index (χ4v) is 3.17. The molecule has 1 aliphatic rings. The third-order valence-corrected chi connectivity index (χ3v) is 4.49. The number of oxime groups is 1. The van der Waals surface area contributed by atoms with Gasteiger partial charge in [-0.1, -0.05) is 11.2 Å². The van der Waals surface area contributed by atoms with Crippen molar-refractivity contribution in [3.63, 3.8) is 0 Å². The van der Waals surface area contributed by atoms with Crippen LogP contribution in [0.1, 0.15) is 12.6 Å². The Balaban J connectivity index is 1.91. The molecule has 2 aromatic rings. The summed E-state index contributed by atoms with van der Waals surface area (Å²) in [6, 6.07) is 8.71. The molecule has 0 unspecified atom stereocenters. The number of methoxy groups -OCH3 is 2. The maximum Gasteiger partial charge on any atom is 0.229 e. The van der Waals surface area contributed by atoms with Crippen molar-refractivity contribution in [2.75, 3.05) is 14.2 Å². The number of aromatic nitrogens is 2. The van der Waals surface area contributed by atoms with Crippen molar-refractivity contribution in [1.82, 2.24) is 9.97 Å². The minimum absolute atomic E-state index is 0.369. The van der Waals surface area contributed by atoms with Gasteiger partial charge in [0, 0.05) is 32.5 Å². The zero-order chi connectivity index (χ0) is 20.1. The highest BCUT2D eigenvalue weighted by molar-refractivity contribution is 5.78. The van der Waals surface area contributed by atoms with Crippen molar-refractivity contribution in [3.05, 3.63) is 42.2 Å². The molecular weight excluding hydrogens is 366 g/mol. The summed E-state index contributed by atoms with van der Waals surface area (Å²) in [6.07, 6.45) is -0.678. The van der Waals surface area contributed by atoms with Gasteiger partial charge in [-0.05, 0) is 19.1 Å². The van der Waals surface area contributed by atoms with Crippen molar-refractivity contribution >= 4 is 6.21 Å². The summed E-state index contributed by atoms with van der Waals surface area (Å²) in [6.45, 7) is 1.79. The minimum Gasteiger partial charge on any atom is -0.462 e. The molecule has 0 spiro atoms. The Bertz CT molecular complexity index is 804. The van der Waals surface area contributed by atoms with Crippen molar-refractivity contribution in [1.29, 1.82) is 0 Å². The fraction of sp³-hybridized carbons (Fsp3) is 0.421. The number of nitrogens with zero attached hydrogens (tertiary/aromatic N) is 3. The van der Waals surface area contributed by atoms with Crippen LogP contribution in [0, 0.1) is 0 Å². The van der Waals surface area contributed by atoms with Gasteiger partial charge >= 0.3 is 0 Å². The van der Waals surface area contributed by atoms with Gasteiger partial charge in [0.15, 0.2) is 0 Å². The third-order valence-electron chi connectivity index (χ3n) is 4.49. The topological polar surface area (TPSA) is 116 Å². The molecule has 9 heteroatoms. The van der Waals surface area contributed by atoms with E-state index in [1.807, 2.05) is 6.07 Å². The average molecular weight is 389 g/mol. The summed E-state index contributed by atoms with van der Waals surface area (Å²) < 4.78 is 22.5. The Kier molecular flexibility index (Phi) is 6.53. The number of pyridine rings is 2. The first-order valence-corrected chi connectivity index (χ1v) is 8.74. The molecule has 28 heavy (non-hydrogen) atoms. The molecule has 3 rings (SSSR count). The number of aliphatic hydroxyl groups is 1. The highest BCUT2D eigenvalue weighted by Gasteiger charge is 2.45. The van der Waals surface area contributed by atoms with Crippen LogP contribution in [0.5, 0.6) is 5.75 Å². The van der Waals surface area contributed by atoms with Crippen molar-refractivity contribution in [2.45, 2.75) is 37.6 Å². The van der Waals surface area contributed by atoms with Gasteiger partial charge in [0.05, 0.1) is 29.4 Å². The zero-order valence-electron chi connectivity index (χ0n) is 15.8. The van der Waals surface area contributed by atoms with Crippen molar-refractivity contribution in [2.24, 2.45) is 5.16 Å². The van der Waals surface area contributed by atoms with Gasteiger partial charge in [-0.2, -0.15) is 0 Å². The Morgan fingerprint density at radius 2 is 1.93 bits per heavy atom. The summed E-state index contributed by atoms with van der Waals surface area (Å²) in [5, 5.41) is 22.4. The lowest BCUT2D eigenvalue weighted by atomic mass is 9.99. The Hall–Kier alpha value is -2.59. The molecule has 0 bridgehead atoms. The molecular formula is C19H23N3O6. The average Bonchev–Trinajstić information content (AvgIpc) is 2.69. The van der Waals surface area contributed by atoms with Crippen LogP contribution in [0.2, 0.25) is 0 Å². The van der Waals surface area contributed by atoms with Gasteiger partial charge in [-0.15, -0.1) is 0 Å². The second kappa shape index (κ2) is 9.07. The summed E-state index contributed by atoms with van der Waals surface area (Å²) in [5.41, 5.74) is 1.52. The fourth-order valence-electron chi connectivity index (χ4n) is 3.17. The summed E-state index contributed by atoms with van der Waals surface area (Å²) in [4.78, 5) is 8.66. The quantitative estimate of drug-likeness (QED) is 0.433. The van der Waals surface area contributed by atoms with E-state index >= 15 is 0 Å². The molecule has 0 amide bonds. The largest absolute Gasteiger partial charge is 0.462 e. The van der Waals surface area contributed by atoms with E-state index in [1.165, 1.54) is 20.4 Å². The summed E-state index contributed by atoms with van der Waals surface area (Å²) in [7, 11) is 2.97. The van der Waals surface area contributed by atoms with E-state index in [1.54, 1.807) is 37.4 Å². The Labute approximate surface area is 162 Å². The zero-order valence-corrected chi connectivity index (χ0v) is 15.8. The van der Waals surface area contributed by atoms with Gasteiger partial charge in [0.25, 0.3) is 0 Å². The van der Waals surface area contributed by atoms with E-state index in [4.69, 9.17) is 24.2 Å². The smallest absolute Gasteiger partial charge is 0.229 e. The highest BCUT2D eigenvalue weighted by atomic mass is 16.7. The molecule has 1 fully saturated rings. The van der Waals surface area contributed by atoms with E-state index in [0.29, 0.717) is 22.8 Å². The van der Waals surface area contributed by atoms with Crippen LogP contribution >= 0.6 is 0 Å². The normalized spacial score (nSPS) is 27.8. The van der Waals surface area contributed by atoms with E-state index < -0.39 is 30.7 Å². The molecule has 0 aliphatic carbocycles. The maximum absolute atomic E-state index is 10.5. The SMILES string of the molecule is CO[C@@H]1[C@@H](O)[C@@H](OC)[C@H](Oc2cc(/C=N\O)nc(-c3ccccn3)c2)O[C@H]1C. The molecule has 2 N–H and O–H groups in total. The highest BCUT2D eigenvalue weighted by Crippen LogP contribution is 2.29. The number of ether oxygens (including phenoxy) is 4. The molecule has 0 aromatic carbocycles. The van der Waals surface area contributed by atoms with Gasteiger partial charge in [-0.3, -0.25) is 4.98 Å². The Morgan fingerprint density at radius 3 is 2.57 bits per heavy atom. The molecule has 1 saturated heterocycles. The number of hydrogen-bond donors (Lipinski definition) is 2. The third kappa shape index (κ3) is 4.28. The van der Waals surface area contributed by atoms with E-state index in [9.17, 15) is 5.11 Å². The van der Waals surface area contributed by atoms with Crippen LogP contribution in [0.4, 0.5) is 0 Å². The lowest BCUT2D eigenvalue weighted by Crippen LogP contribution is -2.59. The number of rotatable bonds is 6. The number of aliphatic hydroxyl groups excluding tert-OH is 1. The minimum atomic E-state index is -0.931. The second-order valence-electron chi connectivity index (χ2n) is 6.29. The molecule has 3 heterocycles. The molecule has 9 nitrogen and oxygen atoms in total. The van der Waals surface area contributed by atoms with E-state index in [0.717, 1.165) is 0 Å². The number of hydrogen-bond acceptors (Lipinski definition) is 9. The molecule has 150 valence electrons. The van der Waals surface area contributed by atoms with Crippen LogP contribution in [-0.2, 0) is 14.2 Å². The van der Waals surface area contributed by atoms with Crippen LogP contribution in [0.15, 0.2) is 41.7 Å². The molecule has 0 saturated carbocycles. The monoisotopic (exact) mass is 389 g/mol. The lowest BCUT2D eigenvalue weighted by molar-refractivity contribution is -0.278. The second-order valence-corrected chi connectivity index (χ2v) is 6.29.